The number of hydrogen-bond donors (Lipinski definition) is 0. The van der Waals surface area contributed by atoms with Crippen molar-refractivity contribution in [3.05, 3.63) is 60.5 Å². The average molecular weight is 293 g/mol. The standard InChI is InChI=1S/C21H25O/c1-22-21-15-13-20(14-16-21)19-11-9-18(10-12-19)8-7-17-5-3-2-4-6-17/h2,9-17H,3-8H2,1H3. The van der Waals surface area contributed by atoms with Crippen LogP contribution in [0, 0.1) is 12.3 Å². The molecule has 115 valence electrons. The Balaban J connectivity index is 1.59. The minimum Gasteiger partial charge on any atom is -0.497 e. The molecule has 0 aromatic heterocycles. The van der Waals surface area contributed by atoms with E-state index in [4.69, 9.17) is 4.74 Å². The minimum atomic E-state index is 0.907. The van der Waals surface area contributed by atoms with Crippen molar-refractivity contribution in [2.45, 2.75) is 38.5 Å². The maximum atomic E-state index is 5.21. The van der Waals surface area contributed by atoms with E-state index in [1.165, 1.54) is 55.2 Å². The number of aryl methyl sites for hydroxylation is 1. The van der Waals surface area contributed by atoms with Crippen molar-refractivity contribution in [3.63, 3.8) is 0 Å². The molecule has 22 heavy (non-hydrogen) atoms. The molecule has 0 heterocycles. The minimum absolute atomic E-state index is 0.907. The molecule has 1 saturated carbocycles. The molecule has 1 aliphatic rings. The molecule has 0 amide bonds. The second kappa shape index (κ2) is 7.49. The maximum absolute atomic E-state index is 5.21. The summed E-state index contributed by atoms with van der Waals surface area (Å²) >= 11 is 0. The molecule has 2 aromatic carbocycles. The quantitative estimate of drug-likeness (QED) is 0.688. The lowest BCUT2D eigenvalue weighted by Gasteiger charge is -2.21. The van der Waals surface area contributed by atoms with Gasteiger partial charge in [-0.25, -0.2) is 0 Å². The fourth-order valence-corrected chi connectivity index (χ4v) is 3.30. The van der Waals surface area contributed by atoms with Gasteiger partial charge in [0, 0.05) is 0 Å². The first-order chi connectivity index (χ1) is 10.8. The first-order valence-corrected chi connectivity index (χ1v) is 8.40. The first kappa shape index (κ1) is 15.1. The van der Waals surface area contributed by atoms with Crippen LogP contribution >= 0.6 is 0 Å². The zero-order chi connectivity index (χ0) is 15.2. The highest BCUT2D eigenvalue weighted by atomic mass is 16.5. The van der Waals surface area contributed by atoms with Gasteiger partial charge >= 0.3 is 0 Å². The Morgan fingerprint density at radius 1 is 0.864 bits per heavy atom. The monoisotopic (exact) mass is 293 g/mol. The summed E-state index contributed by atoms with van der Waals surface area (Å²) in [7, 11) is 1.70. The third-order valence-electron chi connectivity index (χ3n) is 4.78. The molecule has 0 N–H and O–H groups in total. The highest BCUT2D eigenvalue weighted by molar-refractivity contribution is 5.64. The van der Waals surface area contributed by atoms with Crippen LogP contribution in [0.2, 0.25) is 0 Å². The van der Waals surface area contributed by atoms with Crippen molar-refractivity contribution >= 4 is 0 Å². The second-order valence-corrected chi connectivity index (χ2v) is 6.27. The molecule has 0 atom stereocenters. The smallest absolute Gasteiger partial charge is 0.118 e. The van der Waals surface area contributed by atoms with E-state index in [1.54, 1.807) is 7.11 Å². The Labute approximate surface area is 134 Å². The van der Waals surface area contributed by atoms with Crippen LogP contribution in [0.4, 0.5) is 0 Å². The van der Waals surface area contributed by atoms with Crippen LogP contribution in [-0.2, 0) is 6.42 Å². The average Bonchev–Trinajstić information content (AvgIpc) is 2.61. The third-order valence-corrected chi connectivity index (χ3v) is 4.78. The highest BCUT2D eigenvalue weighted by Crippen LogP contribution is 2.28. The van der Waals surface area contributed by atoms with E-state index in [-0.39, 0.29) is 0 Å². The normalized spacial score (nSPS) is 15.7. The number of hydrogen-bond acceptors (Lipinski definition) is 1. The van der Waals surface area contributed by atoms with Gasteiger partial charge in [0.15, 0.2) is 0 Å². The second-order valence-electron chi connectivity index (χ2n) is 6.27. The highest BCUT2D eigenvalue weighted by Gasteiger charge is 2.13. The molecule has 1 heteroatoms. The summed E-state index contributed by atoms with van der Waals surface area (Å²) in [6, 6.07) is 17.3. The lowest BCUT2D eigenvalue weighted by Crippen LogP contribution is -2.07. The molecule has 3 rings (SSSR count). The molecule has 1 aliphatic carbocycles. The zero-order valence-electron chi connectivity index (χ0n) is 13.4. The van der Waals surface area contributed by atoms with Crippen molar-refractivity contribution in [2.24, 2.45) is 5.92 Å². The van der Waals surface area contributed by atoms with E-state index < -0.39 is 0 Å². The maximum Gasteiger partial charge on any atom is 0.118 e. The van der Waals surface area contributed by atoms with Crippen LogP contribution in [0.5, 0.6) is 5.75 Å². The lowest BCUT2D eigenvalue weighted by atomic mass is 9.85. The van der Waals surface area contributed by atoms with Crippen LogP contribution in [0.15, 0.2) is 48.5 Å². The predicted molar refractivity (Wildman–Crippen MR) is 93.0 cm³/mol. The number of rotatable bonds is 5. The molecule has 1 fully saturated rings. The van der Waals surface area contributed by atoms with Crippen LogP contribution < -0.4 is 4.74 Å². The van der Waals surface area contributed by atoms with Gasteiger partial charge in [0.2, 0.25) is 0 Å². The Hall–Kier alpha value is -1.76. The predicted octanol–water partition coefficient (Wildman–Crippen LogP) is 5.69. The Morgan fingerprint density at radius 2 is 1.45 bits per heavy atom. The van der Waals surface area contributed by atoms with Crippen molar-refractivity contribution in [2.75, 3.05) is 7.11 Å². The fraction of sp³-hybridized carbons (Fsp3) is 0.381. The molecule has 0 spiro atoms. The fourth-order valence-electron chi connectivity index (χ4n) is 3.30. The molecule has 0 saturated heterocycles. The molecule has 0 unspecified atom stereocenters. The summed E-state index contributed by atoms with van der Waals surface area (Å²) in [6.07, 6.45) is 10.4. The van der Waals surface area contributed by atoms with E-state index in [1.807, 2.05) is 12.1 Å². The molecule has 0 bridgehead atoms. The molecule has 0 aliphatic heterocycles. The molecule has 2 aromatic rings. The third kappa shape index (κ3) is 3.91. The van der Waals surface area contributed by atoms with Gasteiger partial charge in [0.25, 0.3) is 0 Å². The largest absolute Gasteiger partial charge is 0.497 e. The van der Waals surface area contributed by atoms with Crippen LogP contribution in [0.3, 0.4) is 0 Å². The summed E-state index contributed by atoms with van der Waals surface area (Å²) in [5.74, 6) is 1.84. The van der Waals surface area contributed by atoms with E-state index >= 15 is 0 Å². The molecular weight excluding hydrogens is 268 g/mol. The van der Waals surface area contributed by atoms with Gasteiger partial charge in [-0.2, -0.15) is 0 Å². The van der Waals surface area contributed by atoms with Crippen molar-refractivity contribution in [1.82, 2.24) is 0 Å². The van der Waals surface area contributed by atoms with Gasteiger partial charge in [0.05, 0.1) is 7.11 Å². The summed E-state index contributed by atoms with van der Waals surface area (Å²) < 4.78 is 5.21. The number of ether oxygens (including phenoxy) is 1. The number of methoxy groups -OCH3 is 1. The SMILES string of the molecule is COc1ccc(-c2ccc(CCC3CC[CH]CC3)cc2)cc1. The number of benzene rings is 2. The van der Waals surface area contributed by atoms with Gasteiger partial charge in [-0.05, 0) is 66.8 Å². The van der Waals surface area contributed by atoms with Crippen LogP contribution in [-0.4, -0.2) is 7.11 Å². The van der Waals surface area contributed by atoms with E-state index in [0.29, 0.717) is 0 Å². The first-order valence-electron chi connectivity index (χ1n) is 8.40. The Morgan fingerprint density at radius 3 is 2.05 bits per heavy atom. The van der Waals surface area contributed by atoms with Gasteiger partial charge in [-0.3, -0.25) is 0 Å². The lowest BCUT2D eigenvalue weighted by molar-refractivity contribution is 0.381. The zero-order valence-corrected chi connectivity index (χ0v) is 13.4. The molecule has 1 nitrogen and oxygen atoms in total. The van der Waals surface area contributed by atoms with Crippen LogP contribution in [0.1, 0.15) is 37.7 Å². The molecular formula is C21H25O. The van der Waals surface area contributed by atoms with Crippen LogP contribution in [0.25, 0.3) is 11.1 Å². The van der Waals surface area contributed by atoms with Gasteiger partial charge in [0.1, 0.15) is 5.75 Å². The summed E-state index contributed by atoms with van der Waals surface area (Å²) in [4.78, 5) is 0. The van der Waals surface area contributed by atoms with Gasteiger partial charge in [-0.1, -0.05) is 49.2 Å². The van der Waals surface area contributed by atoms with Crippen molar-refractivity contribution in [1.29, 1.82) is 0 Å². The summed E-state index contributed by atoms with van der Waals surface area (Å²) in [6.45, 7) is 0. The van der Waals surface area contributed by atoms with E-state index in [2.05, 4.69) is 42.8 Å². The molecule has 1 radical (unpaired) electrons. The van der Waals surface area contributed by atoms with Crippen molar-refractivity contribution < 1.29 is 4.74 Å². The Bertz CT molecular complexity index is 562. The summed E-state index contributed by atoms with van der Waals surface area (Å²) in [5.41, 5.74) is 3.99. The topological polar surface area (TPSA) is 9.23 Å². The van der Waals surface area contributed by atoms with E-state index in [0.717, 1.165) is 11.7 Å². The van der Waals surface area contributed by atoms with Crippen molar-refractivity contribution in [3.8, 4) is 16.9 Å². The van der Waals surface area contributed by atoms with E-state index in [9.17, 15) is 0 Å². The Kier molecular flexibility index (Phi) is 5.15. The van der Waals surface area contributed by atoms with Gasteiger partial charge < -0.3 is 4.74 Å². The van der Waals surface area contributed by atoms with Gasteiger partial charge in [-0.15, -0.1) is 0 Å². The summed E-state index contributed by atoms with van der Waals surface area (Å²) in [5, 5.41) is 0.